The molecule has 1 nitrogen and oxygen atoms in total. The van der Waals surface area contributed by atoms with Crippen LogP contribution in [0, 0.1) is 13.8 Å². The van der Waals surface area contributed by atoms with Crippen LogP contribution in [0.3, 0.4) is 0 Å². The zero-order chi connectivity index (χ0) is 24.4. The summed E-state index contributed by atoms with van der Waals surface area (Å²) in [6, 6.07) is 22.1. The molecule has 3 aromatic carbocycles. The van der Waals surface area contributed by atoms with Gasteiger partial charge >= 0.3 is 0 Å². The Labute approximate surface area is 213 Å². The molecule has 1 heterocycles. The number of aryl methyl sites for hydroxylation is 3. The number of hydrogen-bond acceptors (Lipinski definition) is 1. The normalized spacial score (nSPS) is 16.1. The fourth-order valence-electron chi connectivity index (χ4n) is 5.73. The Balaban J connectivity index is 1.55. The number of hydrogen-bond donors (Lipinski definition) is 0. The lowest BCUT2D eigenvalue weighted by Crippen LogP contribution is -2.40. The summed E-state index contributed by atoms with van der Waals surface area (Å²) >= 11 is 6.40. The maximum Gasteiger partial charge on any atom is 0.0906 e. The van der Waals surface area contributed by atoms with Gasteiger partial charge in [0.05, 0.1) is 6.67 Å². The highest BCUT2D eigenvalue weighted by molar-refractivity contribution is 6.30. The minimum Gasteiger partial charge on any atom is -0.295 e. The first-order chi connectivity index (χ1) is 17.0. The smallest absolute Gasteiger partial charge is 0.0906 e. The Morgan fingerprint density at radius 1 is 0.943 bits per heavy atom. The Bertz CT molecular complexity index is 1250. The second kappa shape index (κ2) is 10.5. The minimum absolute atomic E-state index is 0.229. The van der Waals surface area contributed by atoms with E-state index in [4.69, 9.17) is 11.6 Å². The molecule has 0 radical (unpaired) electrons. The SMILES string of the molecule is Cc1cc(Cl)cc(C)c1C1=C(c2ccc(C=C3CN(CCCF)C3)cc2)c2ccccc2CCC1. The highest BCUT2D eigenvalue weighted by Crippen LogP contribution is 2.42. The van der Waals surface area contributed by atoms with Crippen LogP contribution in [0.15, 0.2) is 66.2 Å². The molecule has 180 valence electrons. The quantitative estimate of drug-likeness (QED) is 0.339. The maximum atomic E-state index is 12.4. The van der Waals surface area contributed by atoms with E-state index < -0.39 is 0 Å². The minimum atomic E-state index is -0.229. The molecule has 1 fully saturated rings. The van der Waals surface area contributed by atoms with Crippen LogP contribution in [0.1, 0.15) is 58.2 Å². The summed E-state index contributed by atoms with van der Waals surface area (Å²) in [5.74, 6) is 0. The molecular weight excluding hydrogens is 453 g/mol. The van der Waals surface area contributed by atoms with Crippen molar-refractivity contribution < 1.29 is 4.39 Å². The zero-order valence-electron chi connectivity index (χ0n) is 20.7. The van der Waals surface area contributed by atoms with Gasteiger partial charge in [-0.2, -0.15) is 0 Å². The Morgan fingerprint density at radius 3 is 2.37 bits per heavy atom. The average molecular weight is 486 g/mol. The van der Waals surface area contributed by atoms with Crippen molar-refractivity contribution in [3.63, 3.8) is 0 Å². The summed E-state index contributed by atoms with van der Waals surface area (Å²) in [5, 5.41) is 0.802. The summed E-state index contributed by atoms with van der Waals surface area (Å²) in [4.78, 5) is 2.30. The second-order valence-electron chi connectivity index (χ2n) is 9.96. The molecule has 0 N–H and O–H groups in total. The van der Waals surface area contributed by atoms with Gasteiger partial charge in [-0.05, 0) is 107 Å². The third-order valence-electron chi connectivity index (χ3n) is 7.29. The van der Waals surface area contributed by atoms with E-state index in [2.05, 4.69) is 85.5 Å². The predicted octanol–water partition coefficient (Wildman–Crippen LogP) is 8.31. The summed E-state index contributed by atoms with van der Waals surface area (Å²) in [7, 11) is 0. The van der Waals surface area contributed by atoms with Crippen LogP contribution in [-0.2, 0) is 6.42 Å². The number of benzene rings is 3. The van der Waals surface area contributed by atoms with E-state index in [1.165, 1.54) is 55.7 Å². The van der Waals surface area contributed by atoms with E-state index >= 15 is 0 Å². The standard InChI is InChI=1S/C32H33ClFN/c1-22-17-28(33)18-23(2)31(22)30-10-5-8-26-7-3-4-9-29(26)32(30)27-13-11-24(12-14-27)19-25-20-35(21-25)16-6-15-34/h3-4,7,9,11-14,17-19H,5-6,8,10,15-16,20-21H2,1-2H3. The van der Waals surface area contributed by atoms with Gasteiger partial charge in [-0.1, -0.05) is 66.2 Å². The van der Waals surface area contributed by atoms with Crippen molar-refractivity contribution >= 4 is 28.8 Å². The summed E-state index contributed by atoms with van der Waals surface area (Å²) in [6.45, 7) is 6.90. The zero-order valence-corrected chi connectivity index (χ0v) is 21.5. The van der Waals surface area contributed by atoms with E-state index in [-0.39, 0.29) is 6.67 Å². The van der Waals surface area contributed by atoms with Crippen LogP contribution in [0.2, 0.25) is 5.02 Å². The molecule has 1 aliphatic heterocycles. The van der Waals surface area contributed by atoms with Crippen LogP contribution in [0.5, 0.6) is 0 Å². The van der Waals surface area contributed by atoms with Crippen LogP contribution in [-0.4, -0.2) is 31.2 Å². The maximum absolute atomic E-state index is 12.4. The van der Waals surface area contributed by atoms with Gasteiger partial charge in [0.2, 0.25) is 0 Å². The number of rotatable bonds is 6. The van der Waals surface area contributed by atoms with Crippen LogP contribution in [0.4, 0.5) is 4.39 Å². The fourth-order valence-corrected chi connectivity index (χ4v) is 6.06. The molecule has 3 heteroatoms. The van der Waals surface area contributed by atoms with Gasteiger partial charge in [-0.25, -0.2) is 0 Å². The molecule has 0 aromatic heterocycles. The van der Waals surface area contributed by atoms with Crippen LogP contribution in [0.25, 0.3) is 17.2 Å². The highest BCUT2D eigenvalue weighted by Gasteiger charge is 2.22. The van der Waals surface area contributed by atoms with E-state index in [0.717, 1.165) is 43.9 Å². The van der Waals surface area contributed by atoms with Gasteiger partial charge in [-0.15, -0.1) is 0 Å². The molecule has 0 saturated carbocycles. The summed E-state index contributed by atoms with van der Waals surface area (Å²) in [5.41, 5.74) is 13.3. The predicted molar refractivity (Wildman–Crippen MR) is 148 cm³/mol. The molecule has 0 unspecified atom stereocenters. The van der Waals surface area contributed by atoms with Gasteiger partial charge in [0.15, 0.2) is 0 Å². The van der Waals surface area contributed by atoms with Crippen molar-refractivity contribution in [2.75, 3.05) is 26.3 Å². The van der Waals surface area contributed by atoms with Crippen molar-refractivity contribution in [1.29, 1.82) is 0 Å². The Morgan fingerprint density at radius 2 is 1.66 bits per heavy atom. The first kappa shape index (κ1) is 24.0. The Kier molecular flexibility index (Phi) is 7.22. The molecule has 35 heavy (non-hydrogen) atoms. The largest absolute Gasteiger partial charge is 0.295 e. The lowest BCUT2D eigenvalue weighted by molar-refractivity contribution is 0.239. The number of likely N-dealkylation sites (tertiary alicyclic amines) is 1. The first-order valence-corrected chi connectivity index (χ1v) is 13.1. The number of halogens is 2. The van der Waals surface area contributed by atoms with Crippen molar-refractivity contribution in [2.45, 2.75) is 39.5 Å². The van der Waals surface area contributed by atoms with Crippen molar-refractivity contribution in [3.05, 3.63) is 110 Å². The topological polar surface area (TPSA) is 3.24 Å². The lowest BCUT2D eigenvalue weighted by atomic mass is 9.84. The van der Waals surface area contributed by atoms with E-state index in [0.29, 0.717) is 6.42 Å². The average Bonchev–Trinajstić information content (AvgIpc) is 3.00. The van der Waals surface area contributed by atoms with Gasteiger partial charge in [0.25, 0.3) is 0 Å². The fraction of sp³-hybridized carbons (Fsp3) is 0.312. The van der Waals surface area contributed by atoms with Gasteiger partial charge in [0, 0.05) is 24.7 Å². The number of alkyl halides is 1. The molecule has 5 rings (SSSR count). The summed E-state index contributed by atoms with van der Waals surface area (Å²) in [6.07, 6.45) is 6.21. The van der Waals surface area contributed by atoms with E-state index in [9.17, 15) is 4.39 Å². The molecule has 2 aliphatic rings. The summed E-state index contributed by atoms with van der Waals surface area (Å²) < 4.78 is 12.4. The molecule has 1 aliphatic carbocycles. The lowest BCUT2D eigenvalue weighted by Gasteiger charge is -2.33. The number of nitrogens with zero attached hydrogens (tertiary/aromatic N) is 1. The van der Waals surface area contributed by atoms with Crippen LogP contribution < -0.4 is 0 Å². The molecule has 0 spiro atoms. The van der Waals surface area contributed by atoms with Gasteiger partial charge in [0.1, 0.15) is 0 Å². The molecule has 0 amide bonds. The molecular formula is C32H33ClFN. The molecule has 1 saturated heterocycles. The molecule has 0 atom stereocenters. The number of allylic oxidation sites excluding steroid dienone is 1. The van der Waals surface area contributed by atoms with E-state index in [1.807, 2.05) is 0 Å². The number of fused-ring (bicyclic) bond motifs is 1. The highest BCUT2D eigenvalue weighted by atomic mass is 35.5. The van der Waals surface area contributed by atoms with Crippen molar-refractivity contribution in [1.82, 2.24) is 4.90 Å². The monoisotopic (exact) mass is 485 g/mol. The molecule has 3 aromatic rings. The molecule has 0 bridgehead atoms. The van der Waals surface area contributed by atoms with Crippen molar-refractivity contribution in [3.8, 4) is 0 Å². The van der Waals surface area contributed by atoms with Gasteiger partial charge in [-0.3, -0.25) is 9.29 Å². The van der Waals surface area contributed by atoms with Crippen molar-refractivity contribution in [2.24, 2.45) is 0 Å². The van der Waals surface area contributed by atoms with E-state index in [1.54, 1.807) is 0 Å². The Hall–Kier alpha value is -2.68. The van der Waals surface area contributed by atoms with Gasteiger partial charge < -0.3 is 0 Å². The third kappa shape index (κ3) is 5.15. The third-order valence-corrected chi connectivity index (χ3v) is 7.51. The van der Waals surface area contributed by atoms with Crippen LogP contribution >= 0.6 is 11.6 Å². The second-order valence-corrected chi connectivity index (χ2v) is 10.4. The first-order valence-electron chi connectivity index (χ1n) is 12.7.